The zero-order valence-electron chi connectivity index (χ0n) is 16.6. The Kier molecular flexibility index (Phi) is 7.08. The second-order valence-corrected chi connectivity index (χ2v) is 9.98. The van der Waals surface area contributed by atoms with Crippen molar-refractivity contribution in [3.8, 4) is 5.75 Å². The van der Waals surface area contributed by atoms with Crippen LogP contribution in [0.4, 0.5) is 5.69 Å². The predicted molar refractivity (Wildman–Crippen MR) is 118 cm³/mol. The molecule has 0 aromatic heterocycles. The summed E-state index contributed by atoms with van der Waals surface area (Å²) < 4.78 is 31.4. The number of rotatable bonds is 7. The lowest BCUT2D eigenvalue weighted by molar-refractivity contribution is -0.127. The first-order valence-electron chi connectivity index (χ1n) is 9.49. The van der Waals surface area contributed by atoms with E-state index in [-0.39, 0.29) is 12.5 Å². The maximum Gasteiger partial charge on any atom is 0.261 e. The number of fused-ring (bicyclic) bond motifs is 1. The molecular formula is C21H26N2O4S2. The molecule has 1 aliphatic rings. The largest absolute Gasteiger partial charge is 0.478 e. The summed E-state index contributed by atoms with van der Waals surface area (Å²) in [4.78, 5) is 12.6. The number of sulfonamides is 1. The van der Waals surface area contributed by atoms with E-state index in [4.69, 9.17) is 4.74 Å². The van der Waals surface area contributed by atoms with Crippen molar-refractivity contribution in [3.05, 3.63) is 59.7 Å². The number of hydrogen-bond donors (Lipinski definition) is 1. The van der Waals surface area contributed by atoms with Crippen molar-refractivity contribution >= 4 is 33.4 Å². The summed E-state index contributed by atoms with van der Waals surface area (Å²) in [6, 6.07) is 15.2. The monoisotopic (exact) mass is 434 g/mol. The average Bonchev–Trinajstić information content (AvgIpc) is 2.88. The molecule has 1 atom stereocenters. The molecule has 0 spiro atoms. The molecule has 8 heteroatoms. The minimum Gasteiger partial charge on any atom is -0.478 e. The standard InChI is InChI=1S/C21H26N2O4S2/c1-16-7-3-4-8-17(16)15-28-14-12-22-21(24)20-11-13-23(29(2,25)26)18-9-5-6-10-19(18)27-20/h3-10,20H,11-15H2,1-2H3,(H,22,24)/t20-/m0/s1. The maximum atomic E-state index is 12.6. The average molecular weight is 435 g/mol. The number of carbonyl (C=O) groups excluding carboxylic acids is 1. The van der Waals surface area contributed by atoms with Crippen molar-refractivity contribution < 1.29 is 17.9 Å². The molecule has 156 valence electrons. The van der Waals surface area contributed by atoms with Crippen LogP contribution in [-0.2, 0) is 20.6 Å². The fourth-order valence-corrected chi connectivity index (χ4v) is 5.05. The molecule has 1 aliphatic heterocycles. The van der Waals surface area contributed by atoms with Crippen LogP contribution in [0.3, 0.4) is 0 Å². The Morgan fingerprint density at radius 1 is 1.21 bits per heavy atom. The molecule has 6 nitrogen and oxygen atoms in total. The van der Waals surface area contributed by atoms with Gasteiger partial charge in [-0.3, -0.25) is 9.10 Å². The van der Waals surface area contributed by atoms with Gasteiger partial charge < -0.3 is 10.1 Å². The SMILES string of the molecule is Cc1ccccc1CSCCNC(=O)[C@@H]1CCN(S(C)(=O)=O)c2ccccc2O1. The van der Waals surface area contributed by atoms with E-state index in [1.54, 1.807) is 36.0 Å². The van der Waals surface area contributed by atoms with Crippen LogP contribution in [0.1, 0.15) is 17.5 Å². The van der Waals surface area contributed by atoms with Gasteiger partial charge in [-0.2, -0.15) is 11.8 Å². The van der Waals surface area contributed by atoms with E-state index < -0.39 is 16.1 Å². The van der Waals surface area contributed by atoms with Gasteiger partial charge in [0.2, 0.25) is 10.0 Å². The summed E-state index contributed by atoms with van der Waals surface area (Å²) in [5.41, 5.74) is 3.04. The smallest absolute Gasteiger partial charge is 0.261 e. The summed E-state index contributed by atoms with van der Waals surface area (Å²) in [6.07, 6.45) is 0.740. The quantitative estimate of drug-likeness (QED) is 0.678. The molecule has 0 fully saturated rings. The lowest BCUT2D eigenvalue weighted by atomic mass is 10.1. The number of aryl methyl sites for hydroxylation is 1. The van der Waals surface area contributed by atoms with E-state index >= 15 is 0 Å². The second-order valence-electron chi connectivity index (χ2n) is 6.97. The number of hydrogen-bond acceptors (Lipinski definition) is 5. The highest BCUT2D eigenvalue weighted by Gasteiger charge is 2.30. The molecular weight excluding hydrogens is 408 g/mol. The van der Waals surface area contributed by atoms with E-state index in [1.165, 1.54) is 15.4 Å². The van der Waals surface area contributed by atoms with Gasteiger partial charge in [-0.1, -0.05) is 36.4 Å². The zero-order valence-corrected chi connectivity index (χ0v) is 18.3. The van der Waals surface area contributed by atoms with Crippen LogP contribution in [0.25, 0.3) is 0 Å². The fourth-order valence-electron chi connectivity index (χ4n) is 3.17. The number of ether oxygens (including phenoxy) is 1. The van der Waals surface area contributed by atoms with Gasteiger partial charge in [0.15, 0.2) is 6.10 Å². The van der Waals surface area contributed by atoms with Gasteiger partial charge in [0, 0.05) is 31.0 Å². The van der Waals surface area contributed by atoms with E-state index in [0.29, 0.717) is 24.4 Å². The molecule has 3 rings (SSSR count). The first kappa shape index (κ1) is 21.5. The van der Waals surface area contributed by atoms with E-state index in [9.17, 15) is 13.2 Å². The number of nitrogens with zero attached hydrogens (tertiary/aromatic N) is 1. The molecule has 2 aromatic carbocycles. The molecule has 1 N–H and O–H groups in total. The Balaban J connectivity index is 1.53. The minimum atomic E-state index is -3.45. The fraction of sp³-hybridized carbons (Fsp3) is 0.381. The van der Waals surface area contributed by atoms with Crippen LogP contribution in [0.2, 0.25) is 0 Å². The number of anilines is 1. The van der Waals surface area contributed by atoms with E-state index in [2.05, 4.69) is 24.4 Å². The van der Waals surface area contributed by atoms with Crippen molar-refractivity contribution in [2.45, 2.75) is 25.2 Å². The highest BCUT2D eigenvalue weighted by molar-refractivity contribution is 7.98. The minimum absolute atomic E-state index is 0.204. The van der Waals surface area contributed by atoms with E-state index in [0.717, 1.165) is 17.8 Å². The number of para-hydroxylation sites is 2. The van der Waals surface area contributed by atoms with Crippen LogP contribution in [0.15, 0.2) is 48.5 Å². The second kappa shape index (κ2) is 9.54. The topological polar surface area (TPSA) is 75.7 Å². The van der Waals surface area contributed by atoms with Crippen molar-refractivity contribution in [3.63, 3.8) is 0 Å². The van der Waals surface area contributed by atoms with Gasteiger partial charge in [0.25, 0.3) is 5.91 Å². The Hall–Kier alpha value is -2.19. The van der Waals surface area contributed by atoms with Crippen LogP contribution in [0.5, 0.6) is 5.75 Å². The highest BCUT2D eigenvalue weighted by atomic mass is 32.2. The van der Waals surface area contributed by atoms with Crippen LogP contribution in [-0.4, -0.2) is 45.5 Å². The number of benzene rings is 2. The highest BCUT2D eigenvalue weighted by Crippen LogP contribution is 2.33. The number of carbonyl (C=O) groups is 1. The molecule has 0 radical (unpaired) electrons. The Morgan fingerprint density at radius 2 is 1.93 bits per heavy atom. The first-order chi connectivity index (χ1) is 13.9. The molecule has 1 amide bonds. The van der Waals surface area contributed by atoms with Gasteiger partial charge >= 0.3 is 0 Å². The molecule has 0 unspecified atom stereocenters. The number of amides is 1. The summed E-state index contributed by atoms with van der Waals surface area (Å²) in [7, 11) is -3.45. The van der Waals surface area contributed by atoms with Crippen LogP contribution in [0, 0.1) is 6.92 Å². The molecule has 1 heterocycles. The van der Waals surface area contributed by atoms with Crippen LogP contribution < -0.4 is 14.4 Å². The molecule has 0 bridgehead atoms. The molecule has 29 heavy (non-hydrogen) atoms. The summed E-state index contributed by atoms with van der Waals surface area (Å²) >= 11 is 1.76. The Morgan fingerprint density at radius 3 is 2.69 bits per heavy atom. The van der Waals surface area contributed by atoms with Gasteiger partial charge in [-0.05, 0) is 30.2 Å². The summed E-state index contributed by atoms with van der Waals surface area (Å²) in [5, 5.41) is 2.91. The normalized spacial score (nSPS) is 16.5. The number of thioether (sulfide) groups is 1. The third-order valence-corrected chi connectivity index (χ3v) is 6.94. The van der Waals surface area contributed by atoms with Crippen molar-refractivity contribution in [2.75, 3.05) is 29.4 Å². The van der Waals surface area contributed by atoms with Crippen molar-refractivity contribution in [1.82, 2.24) is 5.32 Å². The van der Waals surface area contributed by atoms with Gasteiger partial charge in [0.1, 0.15) is 5.75 Å². The lowest BCUT2D eigenvalue weighted by Crippen LogP contribution is -2.40. The summed E-state index contributed by atoms with van der Waals surface area (Å²) in [5.74, 6) is 1.88. The molecule has 0 saturated carbocycles. The third kappa shape index (κ3) is 5.67. The molecule has 0 aliphatic carbocycles. The number of nitrogens with one attached hydrogen (secondary N) is 1. The van der Waals surface area contributed by atoms with Crippen LogP contribution >= 0.6 is 11.8 Å². The van der Waals surface area contributed by atoms with Gasteiger partial charge in [-0.25, -0.2) is 8.42 Å². The molecule has 2 aromatic rings. The predicted octanol–water partition coefficient (Wildman–Crippen LogP) is 2.96. The van der Waals surface area contributed by atoms with Gasteiger partial charge in [-0.15, -0.1) is 0 Å². The zero-order chi connectivity index (χ0) is 20.9. The van der Waals surface area contributed by atoms with Gasteiger partial charge in [0.05, 0.1) is 11.9 Å². The Bertz CT molecular complexity index is 963. The lowest BCUT2D eigenvalue weighted by Gasteiger charge is -2.20. The van der Waals surface area contributed by atoms with Crippen molar-refractivity contribution in [1.29, 1.82) is 0 Å². The van der Waals surface area contributed by atoms with Crippen molar-refractivity contribution in [2.24, 2.45) is 0 Å². The summed E-state index contributed by atoms with van der Waals surface area (Å²) in [6.45, 7) is 2.83. The Labute approximate surface area is 176 Å². The van der Waals surface area contributed by atoms with E-state index in [1.807, 2.05) is 12.1 Å². The molecule has 0 saturated heterocycles. The maximum absolute atomic E-state index is 12.6. The first-order valence-corrected chi connectivity index (χ1v) is 12.5. The third-order valence-electron chi connectivity index (χ3n) is 4.75.